The molecular formula is C16H16ClNO2. The lowest BCUT2D eigenvalue weighted by Crippen LogP contribution is -2.31. The van der Waals surface area contributed by atoms with E-state index in [1.54, 1.807) is 6.26 Å². The summed E-state index contributed by atoms with van der Waals surface area (Å²) in [5.74, 6) is 1.01. The third-order valence-electron chi connectivity index (χ3n) is 3.69. The van der Waals surface area contributed by atoms with E-state index in [9.17, 15) is 4.79 Å². The highest BCUT2D eigenvalue weighted by Crippen LogP contribution is 2.32. The van der Waals surface area contributed by atoms with E-state index in [1.165, 1.54) is 0 Å². The zero-order valence-corrected chi connectivity index (χ0v) is 11.8. The van der Waals surface area contributed by atoms with Crippen LogP contribution in [0.3, 0.4) is 0 Å². The Labute approximate surface area is 123 Å². The number of amides is 1. The van der Waals surface area contributed by atoms with Crippen LogP contribution in [-0.2, 0) is 11.2 Å². The van der Waals surface area contributed by atoms with Crippen molar-refractivity contribution in [3.8, 4) is 0 Å². The van der Waals surface area contributed by atoms with Crippen molar-refractivity contribution in [2.45, 2.75) is 25.3 Å². The van der Waals surface area contributed by atoms with Gasteiger partial charge in [-0.25, -0.2) is 0 Å². The second-order valence-electron chi connectivity index (χ2n) is 5.07. The van der Waals surface area contributed by atoms with Gasteiger partial charge in [0.1, 0.15) is 5.76 Å². The maximum absolute atomic E-state index is 12.5. The van der Waals surface area contributed by atoms with Gasteiger partial charge in [-0.05, 0) is 42.7 Å². The van der Waals surface area contributed by atoms with Crippen molar-refractivity contribution >= 4 is 17.5 Å². The van der Waals surface area contributed by atoms with Crippen molar-refractivity contribution in [2.24, 2.45) is 0 Å². The fraction of sp³-hybridized carbons (Fsp3) is 0.312. The number of halogens is 1. The topological polar surface area (TPSA) is 33.5 Å². The third kappa shape index (κ3) is 2.73. The molecule has 4 heteroatoms. The summed E-state index contributed by atoms with van der Waals surface area (Å²) in [4.78, 5) is 14.4. The van der Waals surface area contributed by atoms with Crippen molar-refractivity contribution < 1.29 is 9.21 Å². The van der Waals surface area contributed by atoms with Gasteiger partial charge in [-0.15, -0.1) is 0 Å². The van der Waals surface area contributed by atoms with Crippen molar-refractivity contribution in [1.82, 2.24) is 4.90 Å². The van der Waals surface area contributed by atoms with Crippen LogP contribution in [0.4, 0.5) is 0 Å². The van der Waals surface area contributed by atoms with E-state index in [0.29, 0.717) is 11.4 Å². The van der Waals surface area contributed by atoms with Gasteiger partial charge in [-0.2, -0.15) is 0 Å². The van der Waals surface area contributed by atoms with E-state index < -0.39 is 0 Å². The molecule has 1 aromatic carbocycles. The molecule has 1 aromatic heterocycles. The summed E-state index contributed by atoms with van der Waals surface area (Å²) in [7, 11) is 0. The molecule has 1 aliphatic heterocycles. The second-order valence-corrected chi connectivity index (χ2v) is 5.50. The molecule has 2 aromatic rings. The normalized spacial score (nSPS) is 18.4. The number of furan rings is 1. The minimum absolute atomic E-state index is 0.0803. The van der Waals surface area contributed by atoms with Crippen LogP contribution in [0.25, 0.3) is 0 Å². The van der Waals surface area contributed by atoms with Gasteiger partial charge >= 0.3 is 0 Å². The molecule has 0 saturated carbocycles. The first-order chi connectivity index (χ1) is 9.74. The van der Waals surface area contributed by atoms with Crippen LogP contribution >= 0.6 is 11.6 Å². The molecule has 1 aliphatic rings. The Hall–Kier alpha value is -1.74. The second kappa shape index (κ2) is 5.71. The maximum Gasteiger partial charge on any atom is 0.227 e. The summed E-state index contributed by atoms with van der Waals surface area (Å²) in [6.07, 6.45) is 4.03. The Balaban J connectivity index is 1.73. The van der Waals surface area contributed by atoms with E-state index in [4.69, 9.17) is 16.0 Å². The minimum Gasteiger partial charge on any atom is -0.467 e. The van der Waals surface area contributed by atoms with E-state index in [-0.39, 0.29) is 11.9 Å². The summed E-state index contributed by atoms with van der Waals surface area (Å²) >= 11 is 5.96. The third-order valence-corrected chi connectivity index (χ3v) is 3.92. The SMILES string of the molecule is O=C(Cc1cccc(Cl)c1)N1CCC[C@@H]1c1ccco1. The highest BCUT2D eigenvalue weighted by Gasteiger charge is 2.31. The van der Waals surface area contributed by atoms with Crippen LogP contribution in [0, 0.1) is 0 Å². The molecule has 1 saturated heterocycles. The smallest absolute Gasteiger partial charge is 0.227 e. The average molecular weight is 290 g/mol. The van der Waals surface area contributed by atoms with E-state index in [0.717, 1.165) is 30.7 Å². The number of benzene rings is 1. The fourth-order valence-corrected chi connectivity index (χ4v) is 2.98. The van der Waals surface area contributed by atoms with E-state index in [1.807, 2.05) is 41.3 Å². The summed E-state index contributed by atoms with van der Waals surface area (Å²) in [6.45, 7) is 0.796. The molecule has 0 bridgehead atoms. The van der Waals surface area contributed by atoms with Crippen molar-refractivity contribution in [2.75, 3.05) is 6.54 Å². The standard InChI is InChI=1S/C16H16ClNO2/c17-13-5-1-4-12(10-13)11-16(19)18-8-2-6-14(18)15-7-3-9-20-15/h1,3-5,7,9-10,14H,2,6,8,11H2/t14-/m1/s1. The number of carbonyl (C=O) groups is 1. The van der Waals surface area contributed by atoms with Crippen LogP contribution in [0.2, 0.25) is 5.02 Å². The van der Waals surface area contributed by atoms with Crippen molar-refractivity contribution in [1.29, 1.82) is 0 Å². The van der Waals surface area contributed by atoms with Gasteiger partial charge in [0.25, 0.3) is 0 Å². The molecule has 20 heavy (non-hydrogen) atoms. The van der Waals surface area contributed by atoms with Gasteiger partial charge in [-0.3, -0.25) is 4.79 Å². The fourth-order valence-electron chi connectivity index (χ4n) is 2.76. The summed E-state index contributed by atoms with van der Waals surface area (Å²) in [6, 6.07) is 11.4. The Bertz CT molecular complexity index is 594. The van der Waals surface area contributed by atoms with Gasteiger partial charge in [0.2, 0.25) is 5.91 Å². The van der Waals surface area contributed by atoms with E-state index >= 15 is 0 Å². The van der Waals surface area contributed by atoms with Gasteiger partial charge in [0, 0.05) is 11.6 Å². The zero-order valence-electron chi connectivity index (χ0n) is 11.1. The Morgan fingerprint density at radius 1 is 1.35 bits per heavy atom. The summed E-state index contributed by atoms with van der Waals surface area (Å²) in [5.41, 5.74) is 0.951. The maximum atomic E-state index is 12.5. The quantitative estimate of drug-likeness (QED) is 0.860. The van der Waals surface area contributed by atoms with E-state index in [2.05, 4.69) is 0 Å². The lowest BCUT2D eigenvalue weighted by molar-refractivity contribution is -0.131. The molecule has 2 heterocycles. The zero-order chi connectivity index (χ0) is 13.9. The molecule has 104 valence electrons. The first kappa shape index (κ1) is 13.3. The molecule has 0 radical (unpaired) electrons. The lowest BCUT2D eigenvalue weighted by atomic mass is 10.1. The van der Waals surface area contributed by atoms with Gasteiger partial charge in [0.05, 0.1) is 18.7 Å². The molecule has 0 aliphatic carbocycles. The predicted octanol–water partition coefficient (Wildman–Crippen LogP) is 3.84. The summed E-state index contributed by atoms with van der Waals surface area (Å²) < 4.78 is 5.45. The lowest BCUT2D eigenvalue weighted by Gasteiger charge is -2.23. The first-order valence-corrected chi connectivity index (χ1v) is 7.19. The number of carbonyl (C=O) groups excluding carboxylic acids is 1. The van der Waals surface area contributed by atoms with Crippen LogP contribution in [-0.4, -0.2) is 17.4 Å². The van der Waals surface area contributed by atoms with Gasteiger partial charge in [0.15, 0.2) is 0 Å². The van der Waals surface area contributed by atoms with Crippen LogP contribution < -0.4 is 0 Å². The average Bonchev–Trinajstić information content (AvgIpc) is 3.09. The van der Waals surface area contributed by atoms with Crippen LogP contribution in [0.5, 0.6) is 0 Å². The number of hydrogen-bond acceptors (Lipinski definition) is 2. The number of likely N-dealkylation sites (tertiary alicyclic amines) is 1. The predicted molar refractivity (Wildman–Crippen MR) is 77.6 cm³/mol. The monoisotopic (exact) mass is 289 g/mol. The summed E-state index contributed by atoms with van der Waals surface area (Å²) in [5, 5.41) is 0.666. The highest BCUT2D eigenvalue weighted by molar-refractivity contribution is 6.30. The van der Waals surface area contributed by atoms with Crippen molar-refractivity contribution in [3.05, 3.63) is 59.0 Å². The molecule has 0 unspecified atom stereocenters. The highest BCUT2D eigenvalue weighted by atomic mass is 35.5. The molecule has 3 rings (SSSR count). The molecule has 0 N–H and O–H groups in total. The largest absolute Gasteiger partial charge is 0.467 e. The number of rotatable bonds is 3. The van der Waals surface area contributed by atoms with Crippen LogP contribution in [0.15, 0.2) is 47.1 Å². The molecule has 1 amide bonds. The molecule has 1 fully saturated rings. The Kier molecular flexibility index (Phi) is 3.79. The number of hydrogen-bond donors (Lipinski definition) is 0. The first-order valence-electron chi connectivity index (χ1n) is 6.81. The minimum atomic E-state index is 0.0803. The Morgan fingerprint density at radius 2 is 2.25 bits per heavy atom. The Morgan fingerprint density at radius 3 is 3.00 bits per heavy atom. The molecule has 3 nitrogen and oxygen atoms in total. The molecule has 0 spiro atoms. The molecule has 1 atom stereocenters. The number of nitrogens with zero attached hydrogens (tertiary/aromatic N) is 1. The van der Waals surface area contributed by atoms with Crippen molar-refractivity contribution in [3.63, 3.8) is 0 Å². The molecular weight excluding hydrogens is 274 g/mol. The van der Waals surface area contributed by atoms with Crippen LogP contribution in [0.1, 0.15) is 30.2 Å². The van der Waals surface area contributed by atoms with Gasteiger partial charge < -0.3 is 9.32 Å². The van der Waals surface area contributed by atoms with Gasteiger partial charge in [-0.1, -0.05) is 23.7 Å².